The Bertz CT molecular complexity index is 1470. The fraction of sp³-hybridized carbons (Fsp3) is 0.513. The molecule has 3 saturated heterocycles. The number of fused-ring (bicyclic) bond motifs is 1. The molecule has 0 spiro atoms. The highest BCUT2D eigenvalue weighted by Gasteiger charge is 2.57. The van der Waals surface area contributed by atoms with Gasteiger partial charge in [-0.25, -0.2) is 0 Å². The van der Waals surface area contributed by atoms with Crippen molar-refractivity contribution in [3.63, 3.8) is 0 Å². The van der Waals surface area contributed by atoms with Gasteiger partial charge in [-0.15, -0.1) is 0 Å². The van der Waals surface area contributed by atoms with Crippen molar-refractivity contribution in [3.8, 4) is 0 Å². The molecule has 11 heteroatoms. The SMILES string of the molecule is CO[C@H]1O[C@H](COC2O[C@@H](C)[C@H](OC(C)=O)[C@H]3OC(C)(C)O[C@@H]23)[C@@H](OCc2ccccc2)[C@H](OCc2ccccc2)[C@H]1OCc1ccccc1. The molecule has 270 valence electrons. The summed E-state index contributed by atoms with van der Waals surface area (Å²) in [6.45, 7) is 7.78. The molecule has 11 nitrogen and oxygen atoms in total. The fourth-order valence-corrected chi connectivity index (χ4v) is 6.66. The van der Waals surface area contributed by atoms with E-state index in [9.17, 15) is 4.79 Å². The molecule has 50 heavy (non-hydrogen) atoms. The second-order valence-electron chi connectivity index (χ2n) is 13.2. The predicted octanol–water partition coefficient (Wildman–Crippen LogP) is 5.33. The van der Waals surface area contributed by atoms with Gasteiger partial charge in [0.15, 0.2) is 24.5 Å². The van der Waals surface area contributed by atoms with Gasteiger partial charge < -0.3 is 47.4 Å². The molecule has 3 fully saturated rings. The highest BCUT2D eigenvalue weighted by atomic mass is 16.8. The highest BCUT2D eigenvalue weighted by Crippen LogP contribution is 2.40. The molecule has 3 aliphatic heterocycles. The van der Waals surface area contributed by atoms with E-state index < -0.39 is 73.2 Å². The van der Waals surface area contributed by atoms with Gasteiger partial charge in [-0.05, 0) is 37.5 Å². The van der Waals surface area contributed by atoms with Crippen LogP contribution in [0.5, 0.6) is 0 Å². The summed E-state index contributed by atoms with van der Waals surface area (Å²) in [5.41, 5.74) is 3.00. The van der Waals surface area contributed by atoms with Crippen LogP contribution in [-0.4, -0.2) is 86.9 Å². The van der Waals surface area contributed by atoms with Crippen LogP contribution in [0.3, 0.4) is 0 Å². The average molecular weight is 693 g/mol. The Kier molecular flexibility index (Phi) is 12.3. The number of carbonyl (C=O) groups excluding carboxylic acids is 1. The molecule has 1 unspecified atom stereocenters. The average Bonchev–Trinajstić information content (AvgIpc) is 3.45. The summed E-state index contributed by atoms with van der Waals surface area (Å²) in [6, 6.07) is 29.8. The molecule has 6 rings (SSSR count). The second kappa shape index (κ2) is 16.9. The number of ether oxygens (including phenoxy) is 10. The lowest BCUT2D eigenvalue weighted by molar-refractivity contribution is -0.336. The number of hydrogen-bond acceptors (Lipinski definition) is 11. The van der Waals surface area contributed by atoms with E-state index in [1.165, 1.54) is 6.92 Å². The maximum atomic E-state index is 11.9. The zero-order chi connectivity index (χ0) is 35.1. The molecule has 0 N–H and O–H groups in total. The van der Waals surface area contributed by atoms with Gasteiger partial charge in [0.2, 0.25) is 0 Å². The first kappa shape index (κ1) is 36.6. The van der Waals surface area contributed by atoms with Gasteiger partial charge in [0, 0.05) is 14.0 Å². The third-order valence-electron chi connectivity index (χ3n) is 8.97. The second-order valence-corrected chi connectivity index (χ2v) is 13.2. The van der Waals surface area contributed by atoms with E-state index in [1.54, 1.807) is 7.11 Å². The predicted molar refractivity (Wildman–Crippen MR) is 180 cm³/mol. The van der Waals surface area contributed by atoms with E-state index in [-0.39, 0.29) is 6.61 Å². The van der Waals surface area contributed by atoms with E-state index in [1.807, 2.05) is 112 Å². The number of carbonyl (C=O) groups is 1. The van der Waals surface area contributed by atoms with Gasteiger partial charge in [0.1, 0.15) is 36.6 Å². The van der Waals surface area contributed by atoms with E-state index in [2.05, 4.69) is 0 Å². The van der Waals surface area contributed by atoms with Crippen LogP contribution < -0.4 is 0 Å². The molecule has 0 aliphatic carbocycles. The first-order chi connectivity index (χ1) is 24.2. The molecule has 3 aromatic rings. The van der Waals surface area contributed by atoms with Crippen molar-refractivity contribution in [2.45, 2.75) is 115 Å². The molecule has 10 atom stereocenters. The molecule has 3 aromatic carbocycles. The van der Waals surface area contributed by atoms with Gasteiger partial charge in [-0.1, -0.05) is 91.0 Å². The normalized spacial score (nSPS) is 31.9. The minimum atomic E-state index is -0.938. The minimum absolute atomic E-state index is 0.0402. The zero-order valence-electron chi connectivity index (χ0n) is 29.3. The monoisotopic (exact) mass is 692 g/mol. The topological polar surface area (TPSA) is 109 Å². The Morgan fingerprint density at radius 3 is 1.66 bits per heavy atom. The van der Waals surface area contributed by atoms with Gasteiger partial charge in [0.25, 0.3) is 0 Å². The first-order valence-corrected chi connectivity index (χ1v) is 17.2. The van der Waals surface area contributed by atoms with Crippen LogP contribution in [0.25, 0.3) is 0 Å². The zero-order valence-corrected chi connectivity index (χ0v) is 29.3. The summed E-state index contributed by atoms with van der Waals surface area (Å²) in [7, 11) is 1.58. The van der Waals surface area contributed by atoms with Gasteiger partial charge in [0.05, 0.1) is 32.5 Å². The molecule has 3 aliphatic rings. The standard InChI is InChI=1S/C39H48O11/c1-25-31(47-26(2)40)34-36(50-39(3,4)49-34)38(46-25)45-24-30-32(42-21-27-15-9-6-10-16-27)33(43-22-28-17-11-7-12-18-28)35(37(41-5)48-30)44-23-29-19-13-8-14-20-29/h6-20,25,30-38H,21-24H2,1-5H3/t25-,30+,31-,32+,33-,34+,35+,36+,37-,38?/m0/s1. The maximum absolute atomic E-state index is 11.9. The van der Waals surface area contributed by atoms with Gasteiger partial charge in [-0.2, -0.15) is 0 Å². The molecule has 0 amide bonds. The van der Waals surface area contributed by atoms with Crippen molar-refractivity contribution in [3.05, 3.63) is 108 Å². The Morgan fingerprint density at radius 2 is 1.14 bits per heavy atom. The van der Waals surface area contributed by atoms with Gasteiger partial charge >= 0.3 is 5.97 Å². The molecule has 0 saturated carbocycles. The third-order valence-corrected chi connectivity index (χ3v) is 8.97. The molecule has 0 bridgehead atoms. The number of methoxy groups -OCH3 is 1. The van der Waals surface area contributed by atoms with Gasteiger partial charge in [-0.3, -0.25) is 4.79 Å². The van der Waals surface area contributed by atoms with Crippen LogP contribution in [0.1, 0.15) is 44.4 Å². The third kappa shape index (κ3) is 9.16. The van der Waals surface area contributed by atoms with E-state index >= 15 is 0 Å². The Hall–Kier alpha value is -3.23. The number of esters is 1. The van der Waals surface area contributed by atoms with Crippen LogP contribution in [0, 0.1) is 0 Å². The number of rotatable bonds is 14. The Morgan fingerprint density at radius 1 is 0.640 bits per heavy atom. The molecule has 3 heterocycles. The van der Waals surface area contributed by atoms with Crippen molar-refractivity contribution in [2.24, 2.45) is 0 Å². The minimum Gasteiger partial charge on any atom is -0.457 e. The van der Waals surface area contributed by atoms with Crippen molar-refractivity contribution >= 4 is 5.97 Å². The van der Waals surface area contributed by atoms with E-state index in [4.69, 9.17) is 47.4 Å². The molecule has 0 aromatic heterocycles. The first-order valence-electron chi connectivity index (χ1n) is 17.2. The van der Waals surface area contributed by atoms with Crippen LogP contribution in [0.15, 0.2) is 91.0 Å². The van der Waals surface area contributed by atoms with Crippen molar-refractivity contribution in [2.75, 3.05) is 13.7 Å². The van der Waals surface area contributed by atoms with Crippen LogP contribution in [0.2, 0.25) is 0 Å². The molecular formula is C39H48O11. The van der Waals surface area contributed by atoms with E-state index in [0.29, 0.717) is 19.8 Å². The van der Waals surface area contributed by atoms with Crippen LogP contribution in [0.4, 0.5) is 0 Å². The lowest BCUT2D eigenvalue weighted by Gasteiger charge is -2.46. The summed E-state index contributed by atoms with van der Waals surface area (Å²) < 4.78 is 63.2. The Balaban J connectivity index is 1.26. The maximum Gasteiger partial charge on any atom is 0.303 e. The quantitative estimate of drug-likeness (QED) is 0.205. The Labute approximate surface area is 293 Å². The van der Waals surface area contributed by atoms with Crippen molar-refractivity contribution in [1.29, 1.82) is 0 Å². The lowest BCUT2D eigenvalue weighted by Crippen LogP contribution is -2.62. The summed E-state index contributed by atoms with van der Waals surface area (Å²) in [5.74, 6) is -1.37. The van der Waals surface area contributed by atoms with Crippen molar-refractivity contribution in [1.82, 2.24) is 0 Å². The largest absolute Gasteiger partial charge is 0.457 e. The van der Waals surface area contributed by atoms with Crippen LogP contribution >= 0.6 is 0 Å². The summed E-state index contributed by atoms with van der Waals surface area (Å²) in [6.07, 6.45) is -6.67. The van der Waals surface area contributed by atoms with Crippen LogP contribution in [-0.2, 0) is 72.0 Å². The summed E-state index contributed by atoms with van der Waals surface area (Å²) >= 11 is 0. The number of hydrogen-bond donors (Lipinski definition) is 0. The van der Waals surface area contributed by atoms with E-state index in [0.717, 1.165) is 16.7 Å². The van der Waals surface area contributed by atoms with Crippen molar-refractivity contribution < 1.29 is 52.2 Å². The smallest absolute Gasteiger partial charge is 0.303 e. The number of benzene rings is 3. The summed E-state index contributed by atoms with van der Waals surface area (Å²) in [4.78, 5) is 11.9. The fourth-order valence-electron chi connectivity index (χ4n) is 6.66. The lowest BCUT2D eigenvalue weighted by atomic mass is 9.97. The highest BCUT2D eigenvalue weighted by molar-refractivity contribution is 5.66. The molecule has 0 radical (unpaired) electrons. The molecular weight excluding hydrogens is 644 g/mol. The summed E-state index contributed by atoms with van der Waals surface area (Å²) in [5, 5.41) is 0.